The summed E-state index contributed by atoms with van der Waals surface area (Å²) in [7, 11) is 0. The third kappa shape index (κ3) is 5.53. The van der Waals surface area contributed by atoms with Crippen molar-refractivity contribution >= 4 is 46.5 Å². The molecule has 0 saturated carbocycles. The molecular formula is C16H22Cl2N4OS. The number of thioether (sulfide) groups is 1. The number of nitrogens with one attached hydrogen (secondary N) is 1. The molecule has 0 bridgehead atoms. The van der Waals surface area contributed by atoms with E-state index in [4.69, 9.17) is 23.2 Å². The smallest absolute Gasteiger partial charge is 0.230 e. The largest absolute Gasteiger partial charge is 0.353 e. The lowest BCUT2D eigenvalue weighted by atomic mass is 10.1. The highest BCUT2D eigenvalue weighted by atomic mass is 35.5. The second-order valence-corrected chi connectivity index (χ2v) is 7.58. The standard InChI is InChI=1S/C16H22Cl2N4OS/c1-3-4-5-6-7-11(2)19-14(23)10-24-16-21-20-15-13(18)8-12(17)9-22(15)16/h8-9,11H,3-7,10H2,1-2H3,(H,19,23)/t11-/m0/s1. The first-order valence-corrected chi connectivity index (χ1v) is 9.87. The Bertz CT molecular complexity index is 692. The van der Waals surface area contributed by atoms with E-state index in [2.05, 4.69) is 22.4 Å². The Labute approximate surface area is 156 Å². The lowest BCUT2D eigenvalue weighted by Crippen LogP contribution is -2.33. The van der Waals surface area contributed by atoms with Gasteiger partial charge >= 0.3 is 0 Å². The first-order valence-electron chi connectivity index (χ1n) is 8.13. The molecule has 0 saturated heterocycles. The highest BCUT2D eigenvalue weighted by Gasteiger charge is 2.13. The minimum atomic E-state index is -0.00661. The summed E-state index contributed by atoms with van der Waals surface area (Å²) >= 11 is 13.4. The van der Waals surface area contributed by atoms with Crippen molar-refractivity contribution in [1.29, 1.82) is 0 Å². The van der Waals surface area contributed by atoms with Crippen LogP contribution in [0.1, 0.15) is 46.0 Å². The van der Waals surface area contributed by atoms with E-state index in [1.807, 2.05) is 6.92 Å². The van der Waals surface area contributed by atoms with Crippen molar-refractivity contribution in [2.24, 2.45) is 0 Å². The van der Waals surface area contributed by atoms with Crippen molar-refractivity contribution in [3.8, 4) is 0 Å². The maximum Gasteiger partial charge on any atom is 0.230 e. The summed E-state index contributed by atoms with van der Waals surface area (Å²) in [6, 6.07) is 1.81. The average Bonchev–Trinajstić information content (AvgIpc) is 2.93. The van der Waals surface area contributed by atoms with Crippen LogP contribution in [0.15, 0.2) is 17.4 Å². The first kappa shape index (κ1) is 19.3. The molecular weight excluding hydrogens is 367 g/mol. The van der Waals surface area contributed by atoms with Crippen LogP contribution in [-0.4, -0.2) is 32.3 Å². The lowest BCUT2D eigenvalue weighted by Gasteiger charge is -2.13. The van der Waals surface area contributed by atoms with E-state index in [9.17, 15) is 4.79 Å². The van der Waals surface area contributed by atoms with Gasteiger partial charge < -0.3 is 5.32 Å². The molecule has 0 aliphatic heterocycles. The van der Waals surface area contributed by atoms with Gasteiger partial charge in [0.2, 0.25) is 5.91 Å². The van der Waals surface area contributed by atoms with Crippen LogP contribution in [0.25, 0.3) is 5.65 Å². The van der Waals surface area contributed by atoms with Crippen molar-refractivity contribution in [2.45, 2.75) is 57.1 Å². The van der Waals surface area contributed by atoms with Crippen molar-refractivity contribution < 1.29 is 4.79 Å². The number of aromatic nitrogens is 3. The Hall–Kier alpha value is -0.980. The van der Waals surface area contributed by atoms with Crippen LogP contribution in [0.5, 0.6) is 0 Å². The third-order valence-corrected chi connectivity index (χ3v) is 5.05. The molecule has 0 aliphatic rings. The quantitative estimate of drug-likeness (QED) is 0.503. The van der Waals surface area contributed by atoms with Crippen LogP contribution in [0.4, 0.5) is 0 Å². The number of amides is 1. The SMILES string of the molecule is CCCCCC[C@H](C)NC(=O)CSc1nnc2c(Cl)cc(Cl)cn12. The number of carbonyl (C=O) groups is 1. The fourth-order valence-corrected chi connectivity index (χ4v) is 3.63. The van der Waals surface area contributed by atoms with Crippen LogP contribution in [-0.2, 0) is 4.79 Å². The van der Waals surface area contributed by atoms with Crippen LogP contribution in [0, 0.1) is 0 Å². The zero-order valence-electron chi connectivity index (χ0n) is 13.9. The molecule has 1 atom stereocenters. The Morgan fingerprint density at radius 3 is 2.88 bits per heavy atom. The topological polar surface area (TPSA) is 59.3 Å². The molecule has 2 aromatic heterocycles. The number of rotatable bonds is 9. The molecule has 5 nitrogen and oxygen atoms in total. The van der Waals surface area contributed by atoms with Gasteiger partial charge in [0, 0.05) is 12.2 Å². The number of halogens is 2. The summed E-state index contributed by atoms with van der Waals surface area (Å²) in [6.45, 7) is 4.23. The Balaban J connectivity index is 1.84. The summed E-state index contributed by atoms with van der Waals surface area (Å²) in [5, 5.41) is 12.7. The van der Waals surface area contributed by atoms with Gasteiger partial charge in [0.05, 0.1) is 15.8 Å². The van der Waals surface area contributed by atoms with Crippen molar-refractivity contribution in [3.05, 3.63) is 22.3 Å². The van der Waals surface area contributed by atoms with E-state index < -0.39 is 0 Å². The average molecular weight is 389 g/mol. The maximum absolute atomic E-state index is 12.1. The highest BCUT2D eigenvalue weighted by Crippen LogP contribution is 2.25. The Morgan fingerprint density at radius 1 is 1.33 bits per heavy atom. The van der Waals surface area contributed by atoms with E-state index in [0.29, 0.717) is 20.8 Å². The van der Waals surface area contributed by atoms with Gasteiger partial charge in [-0.25, -0.2) is 0 Å². The molecule has 1 amide bonds. The van der Waals surface area contributed by atoms with E-state index in [1.54, 1.807) is 16.7 Å². The van der Waals surface area contributed by atoms with E-state index >= 15 is 0 Å². The molecule has 2 heterocycles. The Morgan fingerprint density at radius 2 is 2.12 bits per heavy atom. The number of fused-ring (bicyclic) bond motifs is 1. The monoisotopic (exact) mass is 388 g/mol. The molecule has 0 aliphatic carbocycles. The normalized spacial score (nSPS) is 12.5. The van der Waals surface area contributed by atoms with E-state index in [0.717, 1.165) is 12.8 Å². The van der Waals surface area contributed by atoms with Gasteiger partial charge in [0.15, 0.2) is 10.8 Å². The summed E-state index contributed by atoms with van der Waals surface area (Å²) < 4.78 is 1.71. The van der Waals surface area contributed by atoms with Gasteiger partial charge in [0.25, 0.3) is 0 Å². The molecule has 2 rings (SSSR count). The molecule has 24 heavy (non-hydrogen) atoms. The molecule has 8 heteroatoms. The minimum absolute atomic E-state index is 0.00661. The van der Waals surface area contributed by atoms with Gasteiger partial charge in [-0.1, -0.05) is 67.6 Å². The molecule has 0 radical (unpaired) electrons. The van der Waals surface area contributed by atoms with Gasteiger partial charge in [-0.15, -0.1) is 10.2 Å². The predicted molar refractivity (Wildman–Crippen MR) is 100 cm³/mol. The summed E-state index contributed by atoms with van der Waals surface area (Å²) in [6.07, 6.45) is 7.54. The van der Waals surface area contributed by atoms with Crippen LogP contribution < -0.4 is 5.32 Å². The molecule has 0 spiro atoms. The summed E-state index contributed by atoms with van der Waals surface area (Å²) in [4.78, 5) is 12.1. The molecule has 0 aromatic carbocycles. The van der Waals surface area contributed by atoms with Gasteiger partial charge in [0.1, 0.15) is 0 Å². The van der Waals surface area contributed by atoms with Gasteiger partial charge in [-0.05, 0) is 19.4 Å². The molecule has 0 fully saturated rings. The van der Waals surface area contributed by atoms with Crippen molar-refractivity contribution in [3.63, 3.8) is 0 Å². The predicted octanol–water partition coefficient (Wildman–Crippen LogP) is 4.60. The molecule has 2 aromatic rings. The van der Waals surface area contributed by atoms with Gasteiger partial charge in [-0.2, -0.15) is 0 Å². The highest BCUT2D eigenvalue weighted by molar-refractivity contribution is 7.99. The van der Waals surface area contributed by atoms with E-state index in [-0.39, 0.29) is 17.7 Å². The fourth-order valence-electron chi connectivity index (χ4n) is 2.40. The number of hydrogen-bond acceptors (Lipinski definition) is 4. The number of carbonyl (C=O) groups excluding carboxylic acids is 1. The second kappa shape index (κ2) is 9.49. The van der Waals surface area contributed by atoms with Crippen LogP contribution in [0.3, 0.4) is 0 Å². The number of unbranched alkanes of at least 4 members (excludes halogenated alkanes) is 3. The number of hydrogen-bond donors (Lipinski definition) is 1. The van der Waals surface area contributed by atoms with Crippen molar-refractivity contribution in [2.75, 3.05) is 5.75 Å². The first-order chi connectivity index (χ1) is 11.5. The van der Waals surface area contributed by atoms with Crippen LogP contribution in [0.2, 0.25) is 10.0 Å². The Kier molecular flexibility index (Phi) is 7.65. The van der Waals surface area contributed by atoms with Crippen LogP contribution >= 0.6 is 35.0 Å². The van der Waals surface area contributed by atoms with Gasteiger partial charge in [-0.3, -0.25) is 9.20 Å². The minimum Gasteiger partial charge on any atom is -0.353 e. The second-order valence-electron chi connectivity index (χ2n) is 5.79. The molecule has 1 N–H and O–H groups in total. The number of nitrogens with zero attached hydrogens (tertiary/aromatic N) is 3. The molecule has 0 unspecified atom stereocenters. The zero-order valence-corrected chi connectivity index (χ0v) is 16.2. The number of pyridine rings is 1. The lowest BCUT2D eigenvalue weighted by molar-refractivity contribution is -0.119. The summed E-state index contributed by atoms with van der Waals surface area (Å²) in [5.74, 6) is 0.275. The van der Waals surface area contributed by atoms with E-state index in [1.165, 1.54) is 31.0 Å². The zero-order chi connectivity index (χ0) is 17.5. The fraction of sp³-hybridized carbons (Fsp3) is 0.562. The van der Waals surface area contributed by atoms with Crippen molar-refractivity contribution in [1.82, 2.24) is 19.9 Å². The summed E-state index contributed by atoms with van der Waals surface area (Å²) in [5.41, 5.74) is 0.535. The maximum atomic E-state index is 12.1. The third-order valence-electron chi connectivity index (χ3n) is 3.63. The molecule has 132 valence electrons.